The number of fused-ring (bicyclic) bond motifs is 2. The molecule has 2 aliphatic rings. The summed E-state index contributed by atoms with van der Waals surface area (Å²) in [5.41, 5.74) is 3.08. The molecule has 9 nitrogen and oxygen atoms in total. The molecule has 178 valence electrons. The van der Waals surface area contributed by atoms with Crippen molar-refractivity contribution in [3.8, 4) is 0 Å². The lowest BCUT2D eigenvalue weighted by Crippen LogP contribution is -2.33. The first kappa shape index (κ1) is 23.5. The van der Waals surface area contributed by atoms with Gasteiger partial charge in [0.2, 0.25) is 5.91 Å². The minimum absolute atomic E-state index is 0.000776. The van der Waals surface area contributed by atoms with E-state index < -0.39 is 16.0 Å². The number of allylic oxidation sites excluding steroid dienone is 1. The molecule has 0 bridgehead atoms. The van der Waals surface area contributed by atoms with Crippen LogP contribution in [0.1, 0.15) is 33.3 Å². The second-order valence-electron chi connectivity index (χ2n) is 8.16. The van der Waals surface area contributed by atoms with Crippen molar-refractivity contribution >= 4 is 44.8 Å². The van der Waals surface area contributed by atoms with Gasteiger partial charge in [0.25, 0.3) is 10.0 Å². The van der Waals surface area contributed by atoms with E-state index in [1.54, 1.807) is 43.0 Å². The van der Waals surface area contributed by atoms with Gasteiger partial charge in [-0.25, -0.2) is 4.79 Å². The minimum Gasteiger partial charge on any atom is -0.462 e. The maximum absolute atomic E-state index is 13.4. The summed E-state index contributed by atoms with van der Waals surface area (Å²) in [4.78, 5) is 26.4. The lowest BCUT2D eigenvalue weighted by Gasteiger charge is -2.20. The Bertz CT molecular complexity index is 1350. The summed E-state index contributed by atoms with van der Waals surface area (Å²) in [5, 5.41) is 6.11. The van der Waals surface area contributed by atoms with E-state index in [1.165, 1.54) is 19.1 Å². The van der Waals surface area contributed by atoms with E-state index in [9.17, 15) is 18.0 Å². The molecule has 34 heavy (non-hydrogen) atoms. The highest BCUT2D eigenvalue weighted by Gasteiger charge is 2.31. The fraction of sp³-hybridized carbons (Fsp3) is 0.292. The van der Waals surface area contributed by atoms with Gasteiger partial charge in [-0.3, -0.25) is 4.79 Å². The van der Waals surface area contributed by atoms with Crippen LogP contribution in [0.15, 0.2) is 63.0 Å². The lowest BCUT2D eigenvalue weighted by atomic mass is 10.1. The Morgan fingerprint density at radius 1 is 1.15 bits per heavy atom. The molecule has 2 heterocycles. The summed E-state index contributed by atoms with van der Waals surface area (Å²) in [6.45, 7) is 6.85. The molecule has 0 aromatic heterocycles. The van der Waals surface area contributed by atoms with Crippen LogP contribution in [0.3, 0.4) is 0 Å². The van der Waals surface area contributed by atoms with Gasteiger partial charge < -0.3 is 20.3 Å². The van der Waals surface area contributed by atoms with Crippen molar-refractivity contribution in [1.82, 2.24) is 0 Å². The van der Waals surface area contributed by atoms with Gasteiger partial charge in [-0.15, -0.1) is 4.40 Å². The van der Waals surface area contributed by atoms with E-state index in [0.29, 0.717) is 29.2 Å². The van der Waals surface area contributed by atoms with Crippen LogP contribution < -0.4 is 15.5 Å². The van der Waals surface area contributed by atoms with Crippen LogP contribution >= 0.6 is 0 Å². The Labute approximate surface area is 198 Å². The van der Waals surface area contributed by atoms with Crippen LogP contribution in [0.4, 0.5) is 17.1 Å². The Hall–Kier alpha value is -3.66. The molecular weight excluding hydrogens is 456 g/mol. The van der Waals surface area contributed by atoms with E-state index in [0.717, 1.165) is 5.56 Å². The van der Waals surface area contributed by atoms with E-state index in [1.807, 2.05) is 13.0 Å². The van der Waals surface area contributed by atoms with Crippen LogP contribution in [0.25, 0.3) is 0 Å². The molecule has 2 aromatic rings. The molecule has 1 unspecified atom stereocenters. The Morgan fingerprint density at radius 2 is 1.82 bits per heavy atom. The van der Waals surface area contributed by atoms with Gasteiger partial charge in [0, 0.05) is 24.4 Å². The molecule has 0 aliphatic carbocycles. The maximum atomic E-state index is 13.4. The number of carbonyl (C=O) groups is 2. The summed E-state index contributed by atoms with van der Waals surface area (Å²) < 4.78 is 35.9. The largest absolute Gasteiger partial charge is 0.462 e. The first-order valence-electron chi connectivity index (χ1n) is 10.9. The number of sulfonamides is 1. The number of amides is 1. The Balaban J connectivity index is 1.80. The number of para-hydroxylation sites is 2. The average Bonchev–Trinajstić information content (AvgIpc) is 3.02. The smallest absolute Gasteiger partial charge is 0.343 e. The van der Waals surface area contributed by atoms with E-state index in [2.05, 4.69) is 15.0 Å². The SMILES string of the molecule is CCOC(=O)C1=C(C)Nc2ccccc2N/C1=N/S(=O)(=O)c1ccc2c(c1)CC(C)N2C(C)=O. The van der Waals surface area contributed by atoms with Crippen molar-refractivity contribution in [3.63, 3.8) is 0 Å². The number of anilines is 3. The van der Waals surface area contributed by atoms with Crippen molar-refractivity contribution < 1.29 is 22.7 Å². The number of benzene rings is 2. The van der Waals surface area contributed by atoms with Crippen LogP contribution in [-0.2, 0) is 30.8 Å². The maximum Gasteiger partial charge on any atom is 0.343 e. The summed E-state index contributed by atoms with van der Waals surface area (Å²) in [6.07, 6.45) is 0.539. The molecule has 0 fully saturated rings. The predicted octanol–water partition coefficient (Wildman–Crippen LogP) is 3.45. The summed E-state index contributed by atoms with van der Waals surface area (Å²) in [5.74, 6) is -0.926. The zero-order chi connectivity index (χ0) is 24.6. The summed E-state index contributed by atoms with van der Waals surface area (Å²) in [7, 11) is -4.21. The molecule has 1 atom stereocenters. The van der Waals surface area contributed by atoms with Gasteiger partial charge in [0.1, 0.15) is 5.57 Å². The zero-order valence-corrected chi connectivity index (χ0v) is 20.2. The number of esters is 1. The molecule has 2 aliphatic heterocycles. The standard InChI is InChI=1S/C24H26N4O5S/c1-5-33-24(30)22-15(3)25-19-8-6-7-9-20(19)26-23(22)27-34(31,32)18-10-11-21-17(13-18)12-14(2)28(21)16(4)29/h6-11,13-14,25H,5,12H2,1-4H3,(H,26,27). The number of nitrogens with one attached hydrogen (secondary N) is 2. The molecule has 4 rings (SSSR count). The average molecular weight is 483 g/mol. The molecule has 2 N–H and O–H groups in total. The van der Waals surface area contributed by atoms with Gasteiger partial charge in [-0.1, -0.05) is 12.1 Å². The molecule has 0 radical (unpaired) electrons. The molecule has 2 aromatic carbocycles. The van der Waals surface area contributed by atoms with Crippen LogP contribution in [0.2, 0.25) is 0 Å². The third-order valence-electron chi connectivity index (χ3n) is 5.71. The second kappa shape index (κ2) is 8.94. The van der Waals surface area contributed by atoms with Crippen LogP contribution in [-0.4, -0.2) is 38.8 Å². The monoisotopic (exact) mass is 482 g/mol. The Kier molecular flexibility index (Phi) is 6.18. The summed E-state index contributed by atoms with van der Waals surface area (Å²) in [6, 6.07) is 11.7. The van der Waals surface area contributed by atoms with Crippen molar-refractivity contribution in [1.29, 1.82) is 0 Å². The molecule has 10 heteroatoms. The molecular formula is C24H26N4O5S. The number of rotatable bonds is 4. The third kappa shape index (κ3) is 4.28. The van der Waals surface area contributed by atoms with Crippen molar-refractivity contribution in [3.05, 3.63) is 59.3 Å². The molecule has 1 amide bonds. The second-order valence-corrected chi connectivity index (χ2v) is 9.77. The number of hydrogen-bond acceptors (Lipinski definition) is 6. The summed E-state index contributed by atoms with van der Waals surface area (Å²) >= 11 is 0. The van der Waals surface area contributed by atoms with Crippen molar-refractivity contribution in [2.24, 2.45) is 4.40 Å². The molecule has 0 spiro atoms. The first-order chi connectivity index (χ1) is 16.1. The lowest BCUT2D eigenvalue weighted by molar-refractivity contribution is -0.137. The van der Waals surface area contributed by atoms with Crippen LogP contribution in [0, 0.1) is 0 Å². The number of ether oxygens (including phenoxy) is 1. The first-order valence-corrected chi connectivity index (χ1v) is 12.4. The number of carbonyl (C=O) groups excluding carboxylic acids is 2. The number of nitrogens with zero attached hydrogens (tertiary/aromatic N) is 2. The highest BCUT2D eigenvalue weighted by atomic mass is 32.2. The third-order valence-corrected chi connectivity index (χ3v) is 6.98. The molecule has 0 saturated heterocycles. The number of amidine groups is 1. The highest BCUT2D eigenvalue weighted by molar-refractivity contribution is 7.90. The minimum atomic E-state index is -4.21. The van der Waals surface area contributed by atoms with Gasteiger partial charge in [0.05, 0.1) is 22.9 Å². The van der Waals surface area contributed by atoms with E-state index >= 15 is 0 Å². The van der Waals surface area contributed by atoms with Crippen molar-refractivity contribution in [2.45, 2.75) is 45.1 Å². The van der Waals surface area contributed by atoms with Gasteiger partial charge in [-0.05, 0) is 63.1 Å². The van der Waals surface area contributed by atoms with Crippen LogP contribution in [0.5, 0.6) is 0 Å². The van der Waals surface area contributed by atoms with E-state index in [-0.39, 0.29) is 34.9 Å². The number of hydrogen-bond donors (Lipinski definition) is 2. The highest BCUT2D eigenvalue weighted by Crippen LogP contribution is 2.35. The van der Waals surface area contributed by atoms with E-state index in [4.69, 9.17) is 4.74 Å². The van der Waals surface area contributed by atoms with Gasteiger partial charge >= 0.3 is 5.97 Å². The topological polar surface area (TPSA) is 117 Å². The van der Waals surface area contributed by atoms with Crippen molar-refractivity contribution in [2.75, 3.05) is 22.1 Å². The quantitative estimate of drug-likeness (QED) is 0.641. The molecule has 0 saturated carbocycles. The predicted molar refractivity (Wildman–Crippen MR) is 130 cm³/mol. The Morgan fingerprint density at radius 3 is 2.47 bits per heavy atom. The van der Waals surface area contributed by atoms with Gasteiger partial charge in [0.15, 0.2) is 5.84 Å². The zero-order valence-electron chi connectivity index (χ0n) is 19.4. The fourth-order valence-corrected chi connectivity index (χ4v) is 5.29. The fourth-order valence-electron chi connectivity index (χ4n) is 4.28. The normalized spacial score (nSPS) is 18.5. The van der Waals surface area contributed by atoms with Gasteiger partial charge in [-0.2, -0.15) is 8.42 Å².